The van der Waals surface area contributed by atoms with Crippen LogP contribution < -0.4 is 0 Å². The van der Waals surface area contributed by atoms with E-state index in [0.29, 0.717) is 23.0 Å². The van der Waals surface area contributed by atoms with Crippen molar-refractivity contribution in [3.8, 4) is 0 Å². The summed E-state index contributed by atoms with van der Waals surface area (Å²) >= 11 is 6.28. The fourth-order valence-corrected chi connectivity index (χ4v) is 3.50. The van der Waals surface area contributed by atoms with Crippen LogP contribution in [0.15, 0.2) is 18.2 Å². The van der Waals surface area contributed by atoms with Crippen molar-refractivity contribution in [2.45, 2.75) is 25.7 Å². The number of amides is 1. The minimum Gasteiger partial charge on any atom is -0.348 e. The molecule has 0 N–H and O–H groups in total. The molecular weight excluding hydrogens is 407 g/mol. The molecule has 0 aliphatic carbocycles. The number of carbonyl (C=O) groups is 1. The molecule has 0 radical (unpaired) electrons. The van der Waals surface area contributed by atoms with Crippen LogP contribution in [0, 0.1) is 0 Å². The first-order chi connectivity index (χ1) is 13.5. The Hall–Kier alpha value is -2.39. The monoisotopic (exact) mass is 427 g/mol. The molecule has 0 saturated carbocycles. The number of nitrogens with zero attached hydrogens (tertiary/aromatic N) is 5. The first kappa shape index (κ1) is 21.3. The van der Waals surface area contributed by atoms with Gasteiger partial charge in [0, 0.05) is 26.0 Å². The minimum atomic E-state index is -4.44. The van der Waals surface area contributed by atoms with Crippen LogP contribution in [-0.2, 0) is 24.3 Å². The summed E-state index contributed by atoms with van der Waals surface area (Å²) in [5.41, 5.74) is 1.72. The van der Waals surface area contributed by atoms with Gasteiger partial charge in [-0.3, -0.25) is 4.79 Å². The van der Waals surface area contributed by atoms with Gasteiger partial charge in [0.15, 0.2) is 5.15 Å². The Kier molecular flexibility index (Phi) is 5.73. The molecule has 3 aromatic rings. The third-order valence-corrected chi connectivity index (χ3v) is 4.67. The highest BCUT2D eigenvalue weighted by Crippen LogP contribution is 2.34. The summed E-state index contributed by atoms with van der Waals surface area (Å²) in [5, 5.41) is 0.442. The van der Waals surface area contributed by atoms with E-state index in [-0.39, 0.29) is 28.8 Å². The first-order valence-electron chi connectivity index (χ1n) is 8.85. The maximum atomic E-state index is 13.2. The van der Waals surface area contributed by atoms with Crippen molar-refractivity contribution in [1.82, 2.24) is 24.3 Å². The molecule has 1 aromatic carbocycles. The van der Waals surface area contributed by atoms with Crippen molar-refractivity contribution < 1.29 is 18.0 Å². The number of likely N-dealkylation sites (N-methyl/N-ethyl adjacent to an activating group) is 1. The van der Waals surface area contributed by atoms with Crippen molar-refractivity contribution in [2.24, 2.45) is 0 Å². The molecule has 29 heavy (non-hydrogen) atoms. The van der Waals surface area contributed by atoms with Crippen LogP contribution in [0.3, 0.4) is 0 Å². The number of hydrogen-bond donors (Lipinski definition) is 0. The lowest BCUT2D eigenvalue weighted by Gasteiger charge is -2.12. The highest BCUT2D eigenvalue weighted by molar-refractivity contribution is 6.34. The molecule has 0 spiro atoms. The van der Waals surface area contributed by atoms with Crippen LogP contribution in [0.1, 0.15) is 11.4 Å². The Bertz CT molecular complexity index is 1080. The molecule has 0 fully saturated rings. The van der Waals surface area contributed by atoms with E-state index in [0.717, 1.165) is 10.1 Å². The molecule has 0 saturated heterocycles. The lowest BCUT2D eigenvalue weighted by atomic mass is 10.1. The topological polar surface area (TPSA) is 54.3 Å². The van der Waals surface area contributed by atoms with Crippen molar-refractivity contribution >= 4 is 39.4 Å². The average molecular weight is 428 g/mol. The SMILES string of the molecule is CN(C)Cc1ccc2c(c1)c1nc(CC(=O)N(C)C)nc(Cl)c1n2CC(F)(F)F. The molecule has 0 aliphatic rings. The normalized spacial score (nSPS) is 12.3. The van der Waals surface area contributed by atoms with E-state index >= 15 is 0 Å². The zero-order valence-electron chi connectivity index (χ0n) is 16.5. The first-order valence-corrected chi connectivity index (χ1v) is 9.23. The number of alkyl halides is 3. The number of halogens is 4. The highest BCUT2D eigenvalue weighted by atomic mass is 35.5. The van der Waals surface area contributed by atoms with Gasteiger partial charge >= 0.3 is 6.18 Å². The predicted molar refractivity (Wildman–Crippen MR) is 106 cm³/mol. The Labute approximate surface area is 170 Å². The van der Waals surface area contributed by atoms with Gasteiger partial charge in [-0.2, -0.15) is 13.2 Å². The third kappa shape index (κ3) is 4.62. The summed E-state index contributed by atoms with van der Waals surface area (Å²) in [7, 11) is 7.01. The predicted octanol–water partition coefficient (Wildman–Crippen LogP) is 3.49. The maximum absolute atomic E-state index is 13.2. The summed E-state index contributed by atoms with van der Waals surface area (Å²) in [6.45, 7) is -0.592. The smallest absolute Gasteiger partial charge is 0.348 e. The second-order valence-corrected chi connectivity index (χ2v) is 7.74. The molecule has 2 heterocycles. The Morgan fingerprint density at radius 1 is 1.17 bits per heavy atom. The zero-order chi connectivity index (χ0) is 21.5. The zero-order valence-corrected chi connectivity index (χ0v) is 17.3. The van der Waals surface area contributed by atoms with Crippen molar-refractivity contribution in [3.05, 3.63) is 34.7 Å². The number of hydrogen-bond acceptors (Lipinski definition) is 4. The Morgan fingerprint density at radius 2 is 1.86 bits per heavy atom. The lowest BCUT2D eigenvalue weighted by molar-refractivity contribution is -0.139. The summed E-state index contributed by atoms with van der Waals surface area (Å²) < 4.78 is 40.8. The summed E-state index contributed by atoms with van der Waals surface area (Å²) in [5.74, 6) is -0.0574. The van der Waals surface area contributed by atoms with E-state index in [9.17, 15) is 18.0 Å². The van der Waals surface area contributed by atoms with Crippen LogP contribution in [0.25, 0.3) is 21.9 Å². The molecule has 3 rings (SSSR count). The van der Waals surface area contributed by atoms with E-state index in [2.05, 4.69) is 9.97 Å². The quantitative estimate of drug-likeness (QED) is 0.585. The summed E-state index contributed by atoms with van der Waals surface area (Å²) in [6.07, 6.45) is -4.53. The van der Waals surface area contributed by atoms with Crippen molar-refractivity contribution in [3.63, 3.8) is 0 Å². The molecule has 0 unspecified atom stereocenters. The van der Waals surface area contributed by atoms with Gasteiger partial charge in [-0.05, 0) is 31.8 Å². The number of benzene rings is 1. The second kappa shape index (κ2) is 7.79. The molecule has 0 aliphatic heterocycles. The largest absolute Gasteiger partial charge is 0.406 e. The number of rotatable bonds is 5. The van der Waals surface area contributed by atoms with Gasteiger partial charge in [-0.15, -0.1) is 0 Å². The summed E-state index contributed by atoms with van der Waals surface area (Å²) in [6, 6.07) is 5.24. The molecule has 156 valence electrons. The second-order valence-electron chi connectivity index (χ2n) is 7.38. The molecule has 2 aromatic heterocycles. The minimum absolute atomic E-state index is 0.0913. The molecule has 0 bridgehead atoms. The van der Waals surface area contributed by atoms with Crippen molar-refractivity contribution in [1.29, 1.82) is 0 Å². The standard InChI is InChI=1S/C19H21ClF3N5O/c1-26(2)9-11-5-6-13-12(7-11)16-17(28(13)10-19(21,22)23)18(20)25-14(24-16)8-15(29)27(3)4/h5-7H,8-10H2,1-4H3. The van der Waals surface area contributed by atoms with Gasteiger partial charge in [0.1, 0.15) is 23.4 Å². The van der Waals surface area contributed by atoms with E-state index in [4.69, 9.17) is 11.6 Å². The molecule has 1 amide bonds. The fraction of sp³-hybridized carbons (Fsp3) is 0.421. The van der Waals surface area contributed by atoms with E-state index in [1.165, 1.54) is 4.90 Å². The lowest BCUT2D eigenvalue weighted by Crippen LogP contribution is -2.24. The van der Waals surface area contributed by atoms with E-state index in [1.54, 1.807) is 26.2 Å². The fourth-order valence-electron chi connectivity index (χ4n) is 3.21. The third-order valence-electron chi connectivity index (χ3n) is 4.41. The number of aromatic nitrogens is 3. The van der Waals surface area contributed by atoms with E-state index < -0.39 is 12.7 Å². The molecule has 10 heteroatoms. The van der Waals surface area contributed by atoms with Gasteiger partial charge < -0.3 is 14.4 Å². The van der Waals surface area contributed by atoms with Gasteiger partial charge in [0.25, 0.3) is 0 Å². The van der Waals surface area contributed by atoms with Gasteiger partial charge in [0.2, 0.25) is 5.91 Å². The van der Waals surface area contributed by atoms with Crippen LogP contribution >= 0.6 is 11.6 Å². The van der Waals surface area contributed by atoms with Crippen LogP contribution in [0.5, 0.6) is 0 Å². The Balaban J connectivity index is 2.26. The van der Waals surface area contributed by atoms with Gasteiger partial charge in [0.05, 0.1) is 11.9 Å². The maximum Gasteiger partial charge on any atom is 0.406 e. The van der Waals surface area contributed by atoms with Crippen LogP contribution in [0.4, 0.5) is 13.2 Å². The molecule has 0 atom stereocenters. The van der Waals surface area contributed by atoms with Crippen LogP contribution in [-0.4, -0.2) is 64.6 Å². The van der Waals surface area contributed by atoms with E-state index in [1.807, 2.05) is 25.1 Å². The summed E-state index contributed by atoms with van der Waals surface area (Å²) in [4.78, 5) is 23.9. The molecule has 6 nitrogen and oxygen atoms in total. The highest BCUT2D eigenvalue weighted by Gasteiger charge is 2.31. The average Bonchev–Trinajstić information content (AvgIpc) is 2.86. The van der Waals surface area contributed by atoms with Crippen molar-refractivity contribution in [2.75, 3.05) is 28.2 Å². The van der Waals surface area contributed by atoms with Gasteiger partial charge in [-0.25, -0.2) is 9.97 Å². The Morgan fingerprint density at radius 3 is 2.45 bits per heavy atom. The van der Waals surface area contributed by atoms with Crippen LogP contribution in [0.2, 0.25) is 5.15 Å². The van der Waals surface area contributed by atoms with Gasteiger partial charge in [-0.1, -0.05) is 17.7 Å². The number of fused-ring (bicyclic) bond motifs is 3. The molecular formula is C19H21ClF3N5O. The number of carbonyl (C=O) groups excluding carboxylic acids is 1.